The predicted molar refractivity (Wildman–Crippen MR) is 53.0 cm³/mol. The Bertz CT molecular complexity index is 348. The molecule has 0 aromatic heterocycles. The maximum absolute atomic E-state index is 11.2. The Labute approximate surface area is 82.7 Å². The molecule has 0 aliphatic carbocycles. The molecule has 1 aromatic carbocycles. The first-order chi connectivity index (χ1) is 6.57. The Morgan fingerprint density at radius 2 is 1.50 bits per heavy atom. The number of ketones is 2. The number of hydrogen-bond donors (Lipinski definition) is 0. The Balaban J connectivity index is 3.39. The minimum atomic E-state index is -0.107. The zero-order valence-electron chi connectivity index (χ0n) is 8.46. The Morgan fingerprint density at radius 3 is 1.79 bits per heavy atom. The molecule has 0 saturated carbocycles. The monoisotopic (exact) mass is 192 g/mol. The van der Waals surface area contributed by atoms with Crippen molar-refractivity contribution in [2.24, 2.45) is 0 Å². The van der Waals surface area contributed by atoms with Gasteiger partial charge in [-0.05, 0) is 26.0 Å². The molecular weight excluding hydrogens is 180 g/mol. The molecule has 3 heteroatoms. The van der Waals surface area contributed by atoms with E-state index in [0.29, 0.717) is 16.9 Å². The number of benzene rings is 1. The van der Waals surface area contributed by atoms with E-state index >= 15 is 0 Å². The molecule has 0 unspecified atom stereocenters. The van der Waals surface area contributed by atoms with Crippen molar-refractivity contribution in [3.63, 3.8) is 0 Å². The number of carbonyl (C=O) groups excluding carboxylic acids is 2. The Kier molecular flexibility index (Phi) is 3.02. The SMILES string of the molecule is COc1c(C(C)=O)cccc1C(C)=O. The summed E-state index contributed by atoms with van der Waals surface area (Å²) in [5.74, 6) is 0.155. The lowest BCUT2D eigenvalue weighted by Crippen LogP contribution is -2.03. The van der Waals surface area contributed by atoms with Crippen LogP contribution in [0.25, 0.3) is 0 Å². The highest BCUT2D eigenvalue weighted by Gasteiger charge is 2.14. The van der Waals surface area contributed by atoms with Crippen LogP contribution in [0.4, 0.5) is 0 Å². The third-order valence-electron chi connectivity index (χ3n) is 1.98. The van der Waals surface area contributed by atoms with Gasteiger partial charge < -0.3 is 4.74 Å². The first kappa shape index (κ1) is 10.4. The van der Waals surface area contributed by atoms with Gasteiger partial charge in [0, 0.05) is 0 Å². The fourth-order valence-electron chi connectivity index (χ4n) is 1.31. The molecule has 0 saturated heterocycles. The normalized spacial score (nSPS) is 9.64. The van der Waals surface area contributed by atoms with Gasteiger partial charge in [-0.2, -0.15) is 0 Å². The highest BCUT2D eigenvalue weighted by Crippen LogP contribution is 2.24. The van der Waals surface area contributed by atoms with Crippen molar-refractivity contribution < 1.29 is 14.3 Å². The van der Waals surface area contributed by atoms with E-state index in [0.717, 1.165) is 0 Å². The van der Waals surface area contributed by atoms with Gasteiger partial charge in [-0.1, -0.05) is 6.07 Å². The summed E-state index contributed by atoms with van der Waals surface area (Å²) in [5.41, 5.74) is 0.889. The van der Waals surface area contributed by atoms with Gasteiger partial charge in [-0.15, -0.1) is 0 Å². The third-order valence-corrected chi connectivity index (χ3v) is 1.98. The van der Waals surface area contributed by atoms with Crippen molar-refractivity contribution in [2.75, 3.05) is 7.11 Å². The van der Waals surface area contributed by atoms with Crippen LogP contribution >= 0.6 is 0 Å². The van der Waals surface area contributed by atoms with Gasteiger partial charge in [0.1, 0.15) is 5.75 Å². The molecule has 0 atom stereocenters. The number of hydrogen-bond acceptors (Lipinski definition) is 3. The summed E-state index contributed by atoms with van der Waals surface area (Å²) in [6, 6.07) is 4.97. The van der Waals surface area contributed by atoms with E-state index in [1.165, 1.54) is 21.0 Å². The minimum absolute atomic E-state index is 0.107. The molecule has 1 aromatic rings. The largest absolute Gasteiger partial charge is 0.495 e. The first-order valence-electron chi connectivity index (χ1n) is 4.26. The number of ether oxygens (including phenoxy) is 1. The lowest BCUT2D eigenvalue weighted by Gasteiger charge is -2.09. The van der Waals surface area contributed by atoms with Crippen LogP contribution in [0.15, 0.2) is 18.2 Å². The number of methoxy groups -OCH3 is 1. The molecule has 0 N–H and O–H groups in total. The topological polar surface area (TPSA) is 43.4 Å². The van der Waals surface area contributed by atoms with Gasteiger partial charge in [0.05, 0.1) is 18.2 Å². The van der Waals surface area contributed by atoms with E-state index < -0.39 is 0 Å². The molecule has 0 radical (unpaired) electrons. The molecule has 0 aliphatic heterocycles. The van der Waals surface area contributed by atoms with E-state index in [9.17, 15) is 9.59 Å². The van der Waals surface area contributed by atoms with Crippen LogP contribution in [0, 0.1) is 0 Å². The molecule has 0 aliphatic rings. The number of rotatable bonds is 3. The van der Waals surface area contributed by atoms with Crippen molar-refractivity contribution in [1.82, 2.24) is 0 Å². The Morgan fingerprint density at radius 1 is 1.07 bits per heavy atom. The van der Waals surface area contributed by atoms with E-state index in [4.69, 9.17) is 4.74 Å². The predicted octanol–water partition coefficient (Wildman–Crippen LogP) is 2.10. The second-order valence-corrected chi connectivity index (χ2v) is 3.00. The molecule has 1 rings (SSSR count). The van der Waals surface area contributed by atoms with Crippen LogP contribution in [0.3, 0.4) is 0 Å². The van der Waals surface area contributed by atoms with Crippen molar-refractivity contribution in [1.29, 1.82) is 0 Å². The van der Waals surface area contributed by atoms with Gasteiger partial charge in [-0.3, -0.25) is 9.59 Å². The van der Waals surface area contributed by atoms with E-state index in [-0.39, 0.29) is 11.6 Å². The maximum atomic E-state index is 11.2. The molecule has 0 spiro atoms. The van der Waals surface area contributed by atoms with Crippen LogP contribution in [0.2, 0.25) is 0 Å². The molecule has 3 nitrogen and oxygen atoms in total. The zero-order valence-corrected chi connectivity index (χ0v) is 8.46. The Hall–Kier alpha value is -1.64. The molecular formula is C11H12O3. The van der Waals surface area contributed by atoms with E-state index in [2.05, 4.69) is 0 Å². The minimum Gasteiger partial charge on any atom is -0.495 e. The summed E-state index contributed by atoms with van der Waals surface area (Å²) < 4.78 is 5.06. The summed E-state index contributed by atoms with van der Waals surface area (Å²) in [4.78, 5) is 22.4. The standard InChI is InChI=1S/C11H12O3/c1-7(12)9-5-4-6-10(8(2)13)11(9)14-3/h4-6H,1-3H3. The van der Waals surface area contributed by atoms with Crippen LogP contribution in [0.1, 0.15) is 34.6 Å². The summed E-state index contributed by atoms with van der Waals surface area (Å²) in [7, 11) is 1.45. The van der Waals surface area contributed by atoms with Crippen molar-refractivity contribution >= 4 is 11.6 Å². The van der Waals surface area contributed by atoms with Gasteiger partial charge in [-0.25, -0.2) is 0 Å². The maximum Gasteiger partial charge on any atom is 0.163 e. The fraction of sp³-hybridized carbons (Fsp3) is 0.273. The van der Waals surface area contributed by atoms with Crippen LogP contribution in [-0.2, 0) is 0 Å². The second kappa shape index (κ2) is 4.05. The second-order valence-electron chi connectivity index (χ2n) is 3.00. The summed E-state index contributed by atoms with van der Waals surface area (Å²) in [6.07, 6.45) is 0. The van der Waals surface area contributed by atoms with Gasteiger partial charge in [0.15, 0.2) is 11.6 Å². The summed E-state index contributed by atoms with van der Waals surface area (Å²) in [6.45, 7) is 2.89. The number of para-hydroxylation sites is 1. The molecule has 74 valence electrons. The average molecular weight is 192 g/mol. The van der Waals surface area contributed by atoms with Crippen LogP contribution in [-0.4, -0.2) is 18.7 Å². The molecule has 0 fully saturated rings. The third kappa shape index (κ3) is 1.82. The molecule has 0 amide bonds. The summed E-state index contributed by atoms with van der Waals surface area (Å²) in [5, 5.41) is 0. The molecule has 0 heterocycles. The number of Topliss-reactive ketones (excluding diaryl/α,β-unsaturated/α-hetero) is 2. The van der Waals surface area contributed by atoms with Gasteiger partial charge >= 0.3 is 0 Å². The average Bonchev–Trinajstić information content (AvgIpc) is 2.16. The van der Waals surface area contributed by atoms with Crippen LogP contribution < -0.4 is 4.74 Å². The van der Waals surface area contributed by atoms with Gasteiger partial charge in [0.25, 0.3) is 0 Å². The smallest absolute Gasteiger partial charge is 0.163 e. The lowest BCUT2D eigenvalue weighted by atomic mass is 10.0. The van der Waals surface area contributed by atoms with Gasteiger partial charge in [0.2, 0.25) is 0 Å². The highest BCUT2D eigenvalue weighted by molar-refractivity contribution is 6.03. The lowest BCUT2D eigenvalue weighted by molar-refractivity contribution is 0.101. The van der Waals surface area contributed by atoms with Crippen molar-refractivity contribution in [2.45, 2.75) is 13.8 Å². The van der Waals surface area contributed by atoms with E-state index in [1.807, 2.05) is 0 Å². The number of carbonyl (C=O) groups is 2. The first-order valence-corrected chi connectivity index (χ1v) is 4.26. The quantitative estimate of drug-likeness (QED) is 0.689. The van der Waals surface area contributed by atoms with Crippen molar-refractivity contribution in [3.05, 3.63) is 29.3 Å². The van der Waals surface area contributed by atoms with E-state index in [1.54, 1.807) is 18.2 Å². The highest BCUT2D eigenvalue weighted by atomic mass is 16.5. The van der Waals surface area contributed by atoms with Crippen LogP contribution in [0.5, 0.6) is 5.75 Å². The molecule has 0 bridgehead atoms. The summed E-state index contributed by atoms with van der Waals surface area (Å²) >= 11 is 0. The zero-order chi connectivity index (χ0) is 10.7. The fourth-order valence-corrected chi connectivity index (χ4v) is 1.31. The molecule has 14 heavy (non-hydrogen) atoms. The van der Waals surface area contributed by atoms with Crippen molar-refractivity contribution in [3.8, 4) is 5.75 Å².